The van der Waals surface area contributed by atoms with Crippen LogP contribution in [-0.4, -0.2) is 10.1 Å². The van der Waals surface area contributed by atoms with Gasteiger partial charge in [-0.2, -0.15) is 4.98 Å². The van der Waals surface area contributed by atoms with Gasteiger partial charge in [0.2, 0.25) is 0 Å². The largest absolute Gasteiger partial charge is 0.390 e. The first-order chi connectivity index (χ1) is 8.29. The van der Waals surface area contributed by atoms with E-state index in [2.05, 4.69) is 17.1 Å². The minimum atomic E-state index is 0.602. The van der Waals surface area contributed by atoms with Gasteiger partial charge in [-0.15, -0.1) is 11.3 Å². The van der Waals surface area contributed by atoms with Gasteiger partial charge in [-0.3, -0.25) is 0 Å². The van der Waals surface area contributed by atoms with Gasteiger partial charge in [0, 0.05) is 11.3 Å². The number of anilines is 1. The third-order valence-corrected chi connectivity index (χ3v) is 4.23. The van der Waals surface area contributed by atoms with Crippen LogP contribution in [0.1, 0.15) is 36.0 Å². The van der Waals surface area contributed by atoms with E-state index in [1.165, 1.54) is 16.9 Å². The van der Waals surface area contributed by atoms with Crippen molar-refractivity contribution in [3.05, 3.63) is 16.3 Å². The fraction of sp³-hybridized carbons (Fsp3) is 0.500. The molecule has 1 aliphatic carbocycles. The van der Waals surface area contributed by atoms with Crippen LogP contribution in [0, 0.1) is 0 Å². The van der Waals surface area contributed by atoms with E-state index in [-0.39, 0.29) is 0 Å². The number of rotatable bonds is 3. The first-order valence-corrected chi connectivity index (χ1v) is 6.84. The Bertz CT molecular complexity index is 544. The summed E-state index contributed by atoms with van der Waals surface area (Å²) >= 11 is 1.67. The molecule has 0 unspecified atom stereocenters. The topological polar surface area (TPSA) is 64.9 Å². The Morgan fingerprint density at radius 2 is 2.29 bits per heavy atom. The van der Waals surface area contributed by atoms with Crippen LogP contribution in [0.15, 0.2) is 4.52 Å². The normalized spacial score (nSPS) is 14.2. The van der Waals surface area contributed by atoms with E-state index in [9.17, 15) is 0 Å². The van der Waals surface area contributed by atoms with Crippen molar-refractivity contribution < 1.29 is 4.52 Å². The number of hydrogen-bond donors (Lipinski definition) is 1. The molecule has 0 amide bonds. The number of thiophene rings is 1. The second-order valence-electron chi connectivity index (χ2n) is 4.36. The van der Waals surface area contributed by atoms with Gasteiger partial charge in [-0.1, -0.05) is 12.1 Å². The lowest BCUT2D eigenvalue weighted by Gasteiger charge is -1.96. The molecule has 0 saturated carbocycles. The van der Waals surface area contributed by atoms with E-state index in [1.807, 2.05) is 0 Å². The van der Waals surface area contributed by atoms with E-state index in [0.717, 1.165) is 42.1 Å². The fourth-order valence-corrected chi connectivity index (χ4v) is 3.49. The van der Waals surface area contributed by atoms with E-state index < -0.39 is 0 Å². The number of nitrogens with two attached hydrogens (primary N) is 1. The molecule has 2 aromatic rings. The molecule has 0 bridgehead atoms. The molecule has 2 N–H and O–H groups in total. The highest BCUT2D eigenvalue weighted by atomic mass is 32.1. The molecular weight excluding hydrogens is 234 g/mol. The van der Waals surface area contributed by atoms with Crippen molar-refractivity contribution in [2.45, 2.75) is 39.0 Å². The summed E-state index contributed by atoms with van der Waals surface area (Å²) in [7, 11) is 0. The highest BCUT2D eigenvalue weighted by Gasteiger charge is 2.25. The maximum absolute atomic E-state index is 6.06. The molecule has 3 rings (SSSR count). The Morgan fingerprint density at radius 1 is 1.41 bits per heavy atom. The van der Waals surface area contributed by atoms with Crippen molar-refractivity contribution in [1.29, 1.82) is 0 Å². The molecule has 90 valence electrons. The predicted molar refractivity (Wildman–Crippen MR) is 68.0 cm³/mol. The molecule has 2 heterocycles. The van der Waals surface area contributed by atoms with E-state index in [4.69, 9.17) is 10.3 Å². The van der Waals surface area contributed by atoms with E-state index in [0.29, 0.717) is 5.89 Å². The molecule has 0 saturated heterocycles. The van der Waals surface area contributed by atoms with Crippen molar-refractivity contribution in [2.24, 2.45) is 0 Å². The monoisotopic (exact) mass is 249 g/mol. The summed E-state index contributed by atoms with van der Waals surface area (Å²) in [5.74, 6) is 1.38. The Morgan fingerprint density at radius 3 is 3.12 bits per heavy atom. The Balaban J connectivity index is 2.02. The van der Waals surface area contributed by atoms with Gasteiger partial charge in [0.25, 0.3) is 5.89 Å². The molecule has 0 aromatic carbocycles. The first kappa shape index (κ1) is 10.8. The lowest BCUT2D eigenvalue weighted by molar-refractivity contribution is 0.422. The average Bonchev–Trinajstić information content (AvgIpc) is 2.94. The van der Waals surface area contributed by atoms with Crippen molar-refractivity contribution >= 4 is 16.3 Å². The molecule has 17 heavy (non-hydrogen) atoms. The molecule has 0 atom stereocenters. The van der Waals surface area contributed by atoms with Gasteiger partial charge in [0.05, 0.1) is 10.6 Å². The predicted octanol–water partition coefficient (Wildman–Crippen LogP) is 2.82. The van der Waals surface area contributed by atoms with Crippen LogP contribution in [0.2, 0.25) is 0 Å². The van der Waals surface area contributed by atoms with Gasteiger partial charge in [-0.25, -0.2) is 0 Å². The molecule has 0 aliphatic heterocycles. The maximum atomic E-state index is 6.06. The zero-order chi connectivity index (χ0) is 11.8. The molecule has 0 fully saturated rings. The summed E-state index contributed by atoms with van der Waals surface area (Å²) in [5.41, 5.74) is 8.39. The van der Waals surface area contributed by atoms with Crippen LogP contribution in [0.25, 0.3) is 11.5 Å². The quantitative estimate of drug-likeness (QED) is 0.908. The smallest absolute Gasteiger partial charge is 0.261 e. The summed E-state index contributed by atoms with van der Waals surface area (Å²) in [4.78, 5) is 5.83. The van der Waals surface area contributed by atoms with Crippen molar-refractivity contribution in [2.75, 3.05) is 5.73 Å². The molecule has 4 nitrogen and oxygen atoms in total. The Labute approximate surface area is 104 Å². The van der Waals surface area contributed by atoms with Crippen LogP contribution in [0.3, 0.4) is 0 Å². The number of aromatic nitrogens is 2. The van der Waals surface area contributed by atoms with Crippen LogP contribution in [0.4, 0.5) is 5.00 Å². The second-order valence-corrected chi connectivity index (χ2v) is 5.50. The average molecular weight is 249 g/mol. The number of nitrogen functional groups attached to an aromatic ring is 1. The Kier molecular flexibility index (Phi) is 2.63. The number of fused-ring (bicyclic) bond motifs is 1. The summed E-state index contributed by atoms with van der Waals surface area (Å²) in [6.07, 6.45) is 5.32. The second kappa shape index (κ2) is 4.14. The van der Waals surface area contributed by atoms with Gasteiger partial charge >= 0.3 is 0 Å². The zero-order valence-corrected chi connectivity index (χ0v) is 10.6. The van der Waals surface area contributed by atoms with Gasteiger partial charge < -0.3 is 10.3 Å². The SMILES string of the molecule is CCCc1noc(-c2c(N)sc3c2CCC3)n1. The number of aryl methyl sites for hydroxylation is 2. The summed E-state index contributed by atoms with van der Waals surface area (Å²) in [6.45, 7) is 2.10. The van der Waals surface area contributed by atoms with Crippen LogP contribution in [0.5, 0.6) is 0 Å². The third-order valence-electron chi connectivity index (χ3n) is 3.10. The van der Waals surface area contributed by atoms with Gasteiger partial charge in [0.1, 0.15) is 0 Å². The van der Waals surface area contributed by atoms with Crippen molar-refractivity contribution in [3.8, 4) is 11.5 Å². The van der Waals surface area contributed by atoms with Crippen molar-refractivity contribution in [3.63, 3.8) is 0 Å². The van der Waals surface area contributed by atoms with Crippen LogP contribution < -0.4 is 5.73 Å². The Hall–Kier alpha value is -1.36. The lowest BCUT2D eigenvalue weighted by atomic mass is 10.1. The van der Waals surface area contributed by atoms with E-state index in [1.54, 1.807) is 11.3 Å². The number of hydrogen-bond acceptors (Lipinski definition) is 5. The summed E-state index contributed by atoms with van der Waals surface area (Å²) in [6, 6.07) is 0. The van der Waals surface area contributed by atoms with Gasteiger partial charge in [-0.05, 0) is 31.2 Å². The molecule has 0 radical (unpaired) electrons. The first-order valence-electron chi connectivity index (χ1n) is 6.02. The summed E-state index contributed by atoms with van der Waals surface area (Å²) < 4.78 is 5.33. The minimum Gasteiger partial charge on any atom is -0.390 e. The highest BCUT2D eigenvalue weighted by Crippen LogP contribution is 2.42. The zero-order valence-electron chi connectivity index (χ0n) is 9.82. The lowest BCUT2D eigenvalue weighted by Crippen LogP contribution is -1.89. The molecule has 2 aromatic heterocycles. The fourth-order valence-electron chi connectivity index (χ4n) is 2.34. The number of nitrogens with zero attached hydrogens (tertiary/aromatic N) is 2. The molecule has 5 heteroatoms. The third kappa shape index (κ3) is 1.74. The van der Waals surface area contributed by atoms with Gasteiger partial charge in [0.15, 0.2) is 5.82 Å². The molecule has 0 spiro atoms. The standard InChI is InChI=1S/C12H15N3OS/c1-2-4-9-14-12(16-15-9)10-7-5-3-6-8(7)17-11(10)13/h2-6,13H2,1H3. The van der Waals surface area contributed by atoms with Crippen LogP contribution in [-0.2, 0) is 19.3 Å². The van der Waals surface area contributed by atoms with E-state index >= 15 is 0 Å². The highest BCUT2D eigenvalue weighted by molar-refractivity contribution is 7.16. The minimum absolute atomic E-state index is 0.602. The summed E-state index contributed by atoms with van der Waals surface area (Å²) in [5, 5.41) is 4.81. The molecular formula is C12H15N3OS. The van der Waals surface area contributed by atoms with Crippen LogP contribution >= 0.6 is 11.3 Å². The molecule has 1 aliphatic rings. The maximum Gasteiger partial charge on any atom is 0.261 e. The van der Waals surface area contributed by atoms with Crippen molar-refractivity contribution in [1.82, 2.24) is 10.1 Å².